The molecule has 342 valence electrons. The molecular formula is C50H60N8O7. The summed E-state index contributed by atoms with van der Waals surface area (Å²) in [5.74, 6) is 1.20. The molecule has 2 saturated heterocycles. The molecule has 2 aliphatic carbocycles. The number of methoxy groups -OCH3 is 2. The van der Waals surface area contributed by atoms with Crippen molar-refractivity contribution in [3.05, 3.63) is 84.7 Å². The molecule has 1 spiro atoms. The molecule has 9 rings (SSSR count). The average molecular weight is 885 g/mol. The van der Waals surface area contributed by atoms with Crippen LogP contribution < -0.4 is 16.0 Å². The number of likely N-dealkylation sites (tertiary alicyclic amines) is 1. The van der Waals surface area contributed by atoms with Crippen molar-refractivity contribution in [3.8, 4) is 33.6 Å². The zero-order valence-corrected chi connectivity index (χ0v) is 37.7. The summed E-state index contributed by atoms with van der Waals surface area (Å²) < 4.78 is 15.3. The van der Waals surface area contributed by atoms with Gasteiger partial charge in [-0.25, -0.2) is 19.6 Å². The third-order valence-corrected chi connectivity index (χ3v) is 14.3. The number of aromatic amines is 2. The van der Waals surface area contributed by atoms with Gasteiger partial charge in [-0.2, -0.15) is 0 Å². The molecule has 2 aliphatic heterocycles. The van der Waals surface area contributed by atoms with Gasteiger partial charge in [-0.05, 0) is 108 Å². The van der Waals surface area contributed by atoms with Crippen LogP contribution in [-0.4, -0.2) is 94.9 Å². The minimum Gasteiger partial charge on any atom is -0.453 e. The summed E-state index contributed by atoms with van der Waals surface area (Å²) in [6, 6.07) is 19.3. The van der Waals surface area contributed by atoms with Crippen LogP contribution in [0.2, 0.25) is 0 Å². The number of imidazole rings is 2. The van der Waals surface area contributed by atoms with Gasteiger partial charge in [0.05, 0.1) is 50.1 Å². The standard InChI is InChI=1S/C50H60N8O7/c1-29(2)41(56-48(61)63-3)46(59)55-42(32-7-5-6-8-32)45-52-26-38(54-45)31-11-9-30(10-12-31)34-13-14-36-24-37(16-15-35(36)23-34)39-27-51-44(53-39)40-25-50(19-20-50)28-58(40)47(60)43(57-49(62)64-4)33-17-21-65-22-18-33/h9-16,23-24,26-27,29,32-33,40-43H,5-8,17-22,25,28H2,1-4H3,(H,51,53)(H,52,54)(H,55,59)(H,56,61)(H,57,62)/t40-,41-,42-,43-/m0/s1. The molecule has 0 radical (unpaired) electrons. The van der Waals surface area contributed by atoms with Crippen molar-refractivity contribution >= 4 is 34.8 Å². The van der Waals surface area contributed by atoms with E-state index < -0.39 is 24.3 Å². The normalized spacial score (nSPS) is 19.8. The van der Waals surface area contributed by atoms with E-state index in [1.54, 1.807) is 0 Å². The number of fused-ring (bicyclic) bond motifs is 1. The smallest absolute Gasteiger partial charge is 0.407 e. The predicted molar refractivity (Wildman–Crippen MR) is 245 cm³/mol. The second kappa shape index (κ2) is 18.7. The molecule has 15 nitrogen and oxygen atoms in total. The lowest BCUT2D eigenvalue weighted by atomic mass is 9.90. The van der Waals surface area contributed by atoms with Gasteiger partial charge in [-0.15, -0.1) is 0 Å². The van der Waals surface area contributed by atoms with E-state index in [1.165, 1.54) is 14.2 Å². The predicted octanol–water partition coefficient (Wildman–Crippen LogP) is 8.22. The zero-order chi connectivity index (χ0) is 45.2. The van der Waals surface area contributed by atoms with Crippen LogP contribution in [0.3, 0.4) is 0 Å². The third kappa shape index (κ3) is 9.47. The summed E-state index contributed by atoms with van der Waals surface area (Å²) in [6.07, 6.45) is 11.0. The van der Waals surface area contributed by atoms with E-state index in [0.717, 1.165) is 95.2 Å². The number of carbonyl (C=O) groups is 4. The second-order valence-electron chi connectivity index (χ2n) is 18.9. The van der Waals surface area contributed by atoms with Crippen molar-refractivity contribution in [2.24, 2.45) is 23.2 Å². The van der Waals surface area contributed by atoms with Gasteiger partial charge in [0.1, 0.15) is 23.7 Å². The maximum absolute atomic E-state index is 14.3. The van der Waals surface area contributed by atoms with Crippen LogP contribution >= 0.6 is 0 Å². The third-order valence-electron chi connectivity index (χ3n) is 14.3. The molecule has 5 N–H and O–H groups in total. The first-order chi connectivity index (χ1) is 31.5. The molecule has 4 aliphatic rings. The lowest BCUT2D eigenvalue weighted by Crippen LogP contribution is -2.53. The number of carbonyl (C=O) groups excluding carboxylic acids is 4. The first-order valence-corrected chi connectivity index (χ1v) is 23.1. The Hall–Kier alpha value is -6.22. The van der Waals surface area contributed by atoms with Crippen molar-refractivity contribution in [1.29, 1.82) is 0 Å². The highest BCUT2D eigenvalue weighted by Gasteiger charge is 2.55. The summed E-state index contributed by atoms with van der Waals surface area (Å²) in [5.41, 5.74) is 6.01. The van der Waals surface area contributed by atoms with Gasteiger partial charge in [-0.3, -0.25) is 9.59 Å². The molecule has 0 unspecified atom stereocenters. The van der Waals surface area contributed by atoms with E-state index >= 15 is 0 Å². The van der Waals surface area contributed by atoms with E-state index in [1.807, 2.05) is 31.1 Å². The Morgan fingerprint density at radius 3 is 2.03 bits per heavy atom. The molecule has 5 aromatic rings. The average Bonchev–Trinajstić information content (AvgIpc) is 3.91. The van der Waals surface area contributed by atoms with E-state index in [2.05, 4.69) is 86.6 Å². The molecule has 2 saturated carbocycles. The first kappa shape index (κ1) is 44.0. The second-order valence-corrected chi connectivity index (χ2v) is 18.9. The van der Waals surface area contributed by atoms with Gasteiger partial charge in [0.15, 0.2) is 0 Å². The number of hydrogen-bond donors (Lipinski definition) is 5. The molecule has 65 heavy (non-hydrogen) atoms. The Balaban J connectivity index is 0.888. The topological polar surface area (TPSA) is 193 Å². The minimum absolute atomic E-state index is 0.0285. The van der Waals surface area contributed by atoms with Crippen LogP contribution in [0, 0.1) is 23.2 Å². The van der Waals surface area contributed by atoms with Gasteiger partial charge in [-0.1, -0.05) is 75.2 Å². The molecule has 3 aromatic carbocycles. The Bertz CT molecular complexity index is 2520. The Kier molecular flexibility index (Phi) is 12.7. The number of ether oxygens (including phenoxy) is 3. The number of hydrogen-bond acceptors (Lipinski definition) is 9. The molecule has 4 atom stereocenters. The SMILES string of the molecule is COC(=O)N[C@H](C(=O)N[C@H](c1ncc(-c2ccc(-c3ccc4cc(-c5cnc([C@@H]6CC7(CC7)CN6C(=O)[C@@H](NC(=O)OC)C6CCOCC6)[nH]5)ccc4c3)cc2)[nH]1)C1CCCC1)C(C)C. The molecule has 4 amide bonds. The molecule has 2 aromatic heterocycles. The first-order valence-electron chi connectivity index (χ1n) is 23.1. The summed E-state index contributed by atoms with van der Waals surface area (Å²) in [4.78, 5) is 71.0. The van der Waals surface area contributed by atoms with Crippen molar-refractivity contribution < 1.29 is 33.4 Å². The van der Waals surface area contributed by atoms with E-state index in [-0.39, 0.29) is 47.1 Å². The van der Waals surface area contributed by atoms with Crippen molar-refractivity contribution in [2.45, 2.75) is 95.8 Å². The maximum Gasteiger partial charge on any atom is 0.407 e. The number of alkyl carbamates (subject to hydrolysis) is 2. The van der Waals surface area contributed by atoms with Gasteiger partial charge in [0, 0.05) is 25.3 Å². The number of nitrogens with zero attached hydrogens (tertiary/aromatic N) is 3. The number of nitrogens with one attached hydrogen (secondary N) is 5. The molecule has 4 fully saturated rings. The Morgan fingerprint density at radius 1 is 0.738 bits per heavy atom. The molecule has 4 heterocycles. The number of amides is 4. The number of benzene rings is 3. The van der Waals surface area contributed by atoms with Crippen LogP contribution in [0.4, 0.5) is 9.59 Å². The molecular weight excluding hydrogens is 825 g/mol. The Morgan fingerprint density at radius 2 is 1.35 bits per heavy atom. The summed E-state index contributed by atoms with van der Waals surface area (Å²) in [5, 5.41) is 11.0. The number of rotatable bonds is 13. The van der Waals surface area contributed by atoms with Crippen LogP contribution in [0.1, 0.15) is 95.4 Å². The molecule has 15 heteroatoms. The highest BCUT2D eigenvalue weighted by atomic mass is 16.5. The van der Waals surface area contributed by atoms with Crippen LogP contribution in [0.5, 0.6) is 0 Å². The zero-order valence-electron chi connectivity index (χ0n) is 37.7. The van der Waals surface area contributed by atoms with Gasteiger partial charge in [0.2, 0.25) is 11.8 Å². The summed E-state index contributed by atoms with van der Waals surface area (Å²) in [7, 11) is 2.61. The van der Waals surface area contributed by atoms with Crippen molar-refractivity contribution in [2.75, 3.05) is 34.0 Å². The van der Waals surface area contributed by atoms with Crippen molar-refractivity contribution in [1.82, 2.24) is 40.8 Å². The maximum atomic E-state index is 14.3. The van der Waals surface area contributed by atoms with Crippen LogP contribution in [0.25, 0.3) is 44.4 Å². The largest absolute Gasteiger partial charge is 0.453 e. The van der Waals surface area contributed by atoms with Crippen molar-refractivity contribution in [3.63, 3.8) is 0 Å². The Labute approximate surface area is 379 Å². The number of aromatic nitrogens is 4. The monoisotopic (exact) mass is 884 g/mol. The van der Waals surface area contributed by atoms with E-state index in [4.69, 9.17) is 24.2 Å². The van der Waals surface area contributed by atoms with Gasteiger partial charge < -0.3 is 45.0 Å². The van der Waals surface area contributed by atoms with Crippen LogP contribution in [0.15, 0.2) is 73.1 Å². The fourth-order valence-electron chi connectivity index (χ4n) is 10.3. The van der Waals surface area contributed by atoms with E-state index in [9.17, 15) is 19.2 Å². The van der Waals surface area contributed by atoms with Crippen LogP contribution in [-0.2, 0) is 23.8 Å². The fourth-order valence-corrected chi connectivity index (χ4v) is 10.3. The summed E-state index contributed by atoms with van der Waals surface area (Å²) >= 11 is 0. The number of H-pyrrole nitrogens is 2. The highest BCUT2D eigenvalue weighted by molar-refractivity contribution is 5.91. The lowest BCUT2D eigenvalue weighted by molar-refractivity contribution is -0.137. The highest BCUT2D eigenvalue weighted by Crippen LogP contribution is 2.58. The van der Waals surface area contributed by atoms with Gasteiger partial charge in [0.25, 0.3) is 0 Å². The molecule has 0 bridgehead atoms. The van der Waals surface area contributed by atoms with Gasteiger partial charge >= 0.3 is 12.2 Å². The lowest BCUT2D eigenvalue weighted by Gasteiger charge is -2.34. The summed E-state index contributed by atoms with van der Waals surface area (Å²) in [6.45, 7) is 5.57. The fraction of sp³-hybridized carbons (Fsp3) is 0.480. The van der Waals surface area contributed by atoms with E-state index in [0.29, 0.717) is 38.4 Å². The quantitative estimate of drug-likeness (QED) is 0.0775. The minimum atomic E-state index is -0.736.